The molecular weight excluding hydrogens is 422 g/mol. The Balaban J connectivity index is 1.59. The van der Waals surface area contributed by atoms with E-state index in [0.717, 1.165) is 16.8 Å². The first-order valence-electron chi connectivity index (χ1n) is 10.6. The van der Waals surface area contributed by atoms with E-state index in [2.05, 4.69) is 36.3 Å². The van der Waals surface area contributed by atoms with Crippen molar-refractivity contribution in [3.63, 3.8) is 0 Å². The van der Waals surface area contributed by atoms with E-state index in [0.29, 0.717) is 22.2 Å². The number of fused-ring (bicyclic) bond motifs is 1. The Morgan fingerprint density at radius 1 is 1.16 bits per heavy atom. The third-order valence-electron chi connectivity index (χ3n) is 5.17. The number of ether oxygens (including phenoxy) is 1. The largest absolute Gasteiger partial charge is 0.462 e. The molecule has 6 nitrogen and oxygen atoms in total. The fourth-order valence-corrected chi connectivity index (χ4v) is 4.50. The molecule has 0 radical (unpaired) electrons. The molecule has 4 rings (SSSR count). The number of amides is 1. The van der Waals surface area contributed by atoms with Crippen LogP contribution in [0.2, 0.25) is 0 Å². The average molecular weight is 448 g/mol. The third-order valence-corrected chi connectivity index (χ3v) is 6.06. The standard InChI is InChI=1S/C25H25N3O3S/c1-4-31-25(30)23-20(18-10-8-17(9-11-18)16(2)3)15-32-24(23)27-22(29)13-19-14-28-12-6-5-7-21(28)26-19/h5-12,14-16H,4,13H2,1-3H3,(H,27,29). The summed E-state index contributed by atoms with van der Waals surface area (Å²) in [6.45, 7) is 6.30. The van der Waals surface area contributed by atoms with Gasteiger partial charge in [-0.05, 0) is 36.1 Å². The Morgan fingerprint density at radius 3 is 2.62 bits per heavy atom. The minimum atomic E-state index is -0.445. The number of benzene rings is 1. The van der Waals surface area contributed by atoms with Crippen molar-refractivity contribution in [3.8, 4) is 11.1 Å². The minimum Gasteiger partial charge on any atom is -0.462 e. The van der Waals surface area contributed by atoms with Gasteiger partial charge in [-0.15, -0.1) is 11.3 Å². The van der Waals surface area contributed by atoms with E-state index in [1.807, 2.05) is 52.5 Å². The predicted molar refractivity (Wildman–Crippen MR) is 127 cm³/mol. The van der Waals surface area contributed by atoms with Crippen LogP contribution in [0.25, 0.3) is 16.8 Å². The number of nitrogens with one attached hydrogen (secondary N) is 1. The smallest absolute Gasteiger partial charge is 0.341 e. The first kappa shape index (κ1) is 21.8. The molecule has 0 aliphatic heterocycles. The second-order valence-corrected chi connectivity index (χ2v) is 8.65. The van der Waals surface area contributed by atoms with Crippen molar-refractivity contribution < 1.29 is 14.3 Å². The fraction of sp³-hybridized carbons (Fsp3) is 0.240. The number of hydrogen-bond acceptors (Lipinski definition) is 5. The van der Waals surface area contributed by atoms with Crippen LogP contribution in [0.4, 0.5) is 5.00 Å². The maximum absolute atomic E-state index is 12.8. The fourth-order valence-electron chi connectivity index (χ4n) is 3.52. The zero-order chi connectivity index (χ0) is 22.7. The van der Waals surface area contributed by atoms with Crippen molar-refractivity contribution in [2.45, 2.75) is 33.1 Å². The first-order chi connectivity index (χ1) is 15.5. The van der Waals surface area contributed by atoms with Crippen molar-refractivity contribution in [3.05, 3.63) is 77.1 Å². The highest BCUT2D eigenvalue weighted by Crippen LogP contribution is 2.36. The molecule has 0 saturated heterocycles. The molecule has 4 aromatic rings. The molecular formula is C25H25N3O3S. The Morgan fingerprint density at radius 2 is 1.94 bits per heavy atom. The van der Waals surface area contributed by atoms with Crippen molar-refractivity contribution in [2.75, 3.05) is 11.9 Å². The number of rotatable bonds is 7. The highest BCUT2D eigenvalue weighted by molar-refractivity contribution is 7.15. The lowest BCUT2D eigenvalue weighted by Gasteiger charge is -2.10. The summed E-state index contributed by atoms with van der Waals surface area (Å²) in [6.07, 6.45) is 3.83. The molecule has 0 aliphatic carbocycles. The third kappa shape index (κ3) is 4.57. The average Bonchev–Trinajstić information content (AvgIpc) is 3.37. The minimum absolute atomic E-state index is 0.111. The van der Waals surface area contributed by atoms with E-state index in [4.69, 9.17) is 4.74 Å². The number of thiophene rings is 1. The van der Waals surface area contributed by atoms with E-state index < -0.39 is 5.97 Å². The quantitative estimate of drug-likeness (QED) is 0.377. The maximum Gasteiger partial charge on any atom is 0.341 e. The topological polar surface area (TPSA) is 72.7 Å². The van der Waals surface area contributed by atoms with Crippen LogP contribution in [0.5, 0.6) is 0 Å². The van der Waals surface area contributed by atoms with Gasteiger partial charge in [-0.25, -0.2) is 9.78 Å². The van der Waals surface area contributed by atoms with Crippen LogP contribution >= 0.6 is 11.3 Å². The molecule has 0 spiro atoms. The van der Waals surface area contributed by atoms with Crippen LogP contribution in [0.15, 0.2) is 60.2 Å². The van der Waals surface area contributed by atoms with E-state index in [9.17, 15) is 9.59 Å². The lowest BCUT2D eigenvalue weighted by Crippen LogP contribution is -2.16. The van der Waals surface area contributed by atoms with Crippen molar-refractivity contribution in [1.29, 1.82) is 0 Å². The van der Waals surface area contributed by atoms with Gasteiger partial charge >= 0.3 is 5.97 Å². The number of aromatic nitrogens is 2. The van der Waals surface area contributed by atoms with Crippen LogP contribution in [-0.4, -0.2) is 27.9 Å². The Kier molecular flexibility index (Phi) is 6.37. The Labute approximate surface area is 190 Å². The SMILES string of the molecule is CCOC(=O)c1c(-c2ccc(C(C)C)cc2)csc1NC(=O)Cc1cn2ccccc2n1. The Bertz CT molecular complexity index is 1220. The number of carbonyl (C=O) groups excluding carboxylic acids is 2. The Hall–Kier alpha value is -3.45. The highest BCUT2D eigenvalue weighted by Gasteiger charge is 2.23. The van der Waals surface area contributed by atoms with Gasteiger partial charge in [0.1, 0.15) is 16.2 Å². The van der Waals surface area contributed by atoms with Gasteiger partial charge in [0.15, 0.2) is 0 Å². The predicted octanol–water partition coefficient (Wildman–Crippen LogP) is 5.54. The van der Waals surface area contributed by atoms with Gasteiger partial charge in [-0.1, -0.05) is 44.2 Å². The van der Waals surface area contributed by atoms with Crippen LogP contribution in [0.1, 0.15) is 48.3 Å². The van der Waals surface area contributed by atoms with Crippen LogP contribution in [-0.2, 0) is 16.0 Å². The summed E-state index contributed by atoms with van der Waals surface area (Å²) in [5.74, 6) is -0.257. The lowest BCUT2D eigenvalue weighted by atomic mass is 9.98. The summed E-state index contributed by atoms with van der Waals surface area (Å²) < 4.78 is 7.16. The van der Waals surface area contributed by atoms with Crippen LogP contribution in [0.3, 0.4) is 0 Å². The normalized spacial score (nSPS) is 11.1. The van der Waals surface area contributed by atoms with Gasteiger partial charge in [-0.2, -0.15) is 0 Å². The van der Waals surface area contributed by atoms with E-state index in [1.54, 1.807) is 6.92 Å². The molecule has 1 amide bonds. The molecule has 0 saturated carbocycles. The number of esters is 1. The number of imidazole rings is 1. The van der Waals surface area contributed by atoms with Crippen LogP contribution in [0, 0.1) is 0 Å². The number of hydrogen-bond donors (Lipinski definition) is 1. The van der Waals surface area contributed by atoms with Gasteiger partial charge in [0.05, 0.1) is 18.7 Å². The van der Waals surface area contributed by atoms with Gasteiger partial charge in [0.25, 0.3) is 0 Å². The van der Waals surface area contributed by atoms with Crippen LogP contribution < -0.4 is 5.32 Å². The molecule has 0 bridgehead atoms. The summed E-state index contributed by atoms with van der Waals surface area (Å²) in [4.78, 5) is 30.0. The summed E-state index contributed by atoms with van der Waals surface area (Å²) in [7, 11) is 0. The molecule has 0 fully saturated rings. The second-order valence-electron chi connectivity index (χ2n) is 7.77. The maximum atomic E-state index is 12.8. The molecule has 0 atom stereocenters. The van der Waals surface area contributed by atoms with E-state index in [-0.39, 0.29) is 18.9 Å². The lowest BCUT2D eigenvalue weighted by molar-refractivity contribution is -0.115. The molecule has 164 valence electrons. The molecule has 7 heteroatoms. The van der Waals surface area contributed by atoms with E-state index >= 15 is 0 Å². The van der Waals surface area contributed by atoms with Gasteiger partial charge in [-0.3, -0.25) is 4.79 Å². The number of anilines is 1. The summed E-state index contributed by atoms with van der Waals surface area (Å²) in [5.41, 5.74) is 4.72. The number of nitrogens with zero attached hydrogens (tertiary/aromatic N) is 2. The van der Waals surface area contributed by atoms with E-state index in [1.165, 1.54) is 16.9 Å². The molecule has 3 aromatic heterocycles. The highest BCUT2D eigenvalue weighted by atomic mass is 32.1. The molecule has 32 heavy (non-hydrogen) atoms. The zero-order valence-corrected chi connectivity index (χ0v) is 19.1. The first-order valence-corrected chi connectivity index (χ1v) is 11.5. The van der Waals surface area contributed by atoms with Gasteiger partial charge in [0.2, 0.25) is 5.91 Å². The molecule has 0 aliphatic rings. The molecule has 1 aromatic carbocycles. The molecule has 3 heterocycles. The summed E-state index contributed by atoms with van der Waals surface area (Å²) in [6, 6.07) is 13.8. The summed E-state index contributed by atoms with van der Waals surface area (Å²) in [5, 5.41) is 5.26. The summed E-state index contributed by atoms with van der Waals surface area (Å²) >= 11 is 1.32. The van der Waals surface area contributed by atoms with Crippen molar-refractivity contribution in [1.82, 2.24) is 9.38 Å². The van der Waals surface area contributed by atoms with Crippen molar-refractivity contribution in [2.24, 2.45) is 0 Å². The van der Waals surface area contributed by atoms with Crippen molar-refractivity contribution >= 4 is 33.9 Å². The van der Waals surface area contributed by atoms with Gasteiger partial charge in [0, 0.05) is 23.3 Å². The van der Waals surface area contributed by atoms with Gasteiger partial charge < -0.3 is 14.5 Å². The number of pyridine rings is 1. The zero-order valence-electron chi connectivity index (χ0n) is 18.3. The molecule has 1 N–H and O–H groups in total. The monoisotopic (exact) mass is 447 g/mol. The molecule has 0 unspecified atom stereocenters. The number of carbonyl (C=O) groups is 2. The second kappa shape index (κ2) is 9.36.